The molecular formula is C6H13IO. The number of unbranched alkanes of at least 4 members (excludes halogenated alkanes) is 1. The predicted molar refractivity (Wildman–Crippen MR) is 44.4 cm³/mol. The van der Waals surface area contributed by atoms with E-state index in [9.17, 15) is 0 Å². The van der Waals surface area contributed by atoms with Gasteiger partial charge in [0.25, 0.3) is 0 Å². The van der Waals surface area contributed by atoms with E-state index in [0.29, 0.717) is 6.61 Å². The molecule has 0 aromatic rings. The van der Waals surface area contributed by atoms with Crippen LogP contribution in [-0.4, -0.2) is 15.6 Å². The van der Waals surface area contributed by atoms with Crippen LogP contribution in [0.2, 0.25) is 0 Å². The van der Waals surface area contributed by atoms with Crippen molar-refractivity contribution >= 4 is 22.6 Å². The number of halogens is 1. The normalized spacial score (nSPS) is 13.9. The number of hydrogen-bond donors (Lipinski definition) is 1. The van der Waals surface area contributed by atoms with Gasteiger partial charge in [-0.15, -0.1) is 0 Å². The van der Waals surface area contributed by atoms with Gasteiger partial charge < -0.3 is 5.11 Å². The second-order valence-electron chi connectivity index (χ2n) is 2.00. The van der Waals surface area contributed by atoms with Gasteiger partial charge in [0, 0.05) is 10.5 Å². The molecule has 1 unspecified atom stereocenters. The fourth-order valence-electron chi connectivity index (χ4n) is 0.537. The summed E-state index contributed by atoms with van der Waals surface area (Å²) in [5, 5.41) is 8.38. The van der Waals surface area contributed by atoms with Crippen LogP contribution in [0.4, 0.5) is 0 Å². The summed E-state index contributed by atoms with van der Waals surface area (Å²) in [5.41, 5.74) is 0. The molecule has 0 saturated carbocycles. The van der Waals surface area contributed by atoms with Crippen LogP contribution in [0.25, 0.3) is 0 Å². The molecule has 50 valence electrons. The van der Waals surface area contributed by atoms with Gasteiger partial charge in [0.15, 0.2) is 0 Å². The van der Waals surface area contributed by atoms with E-state index in [4.69, 9.17) is 5.11 Å². The molecule has 0 fully saturated rings. The lowest BCUT2D eigenvalue weighted by Gasteiger charge is -1.98. The molecule has 0 aliphatic carbocycles. The van der Waals surface area contributed by atoms with E-state index in [1.54, 1.807) is 0 Å². The third-order valence-corrected chi connectivity index (χ3v) is 1.63. The minimum atomic E-state index is 0.351. The highest BCUT2D eigenvalue weighted by atomic mass is 127. The van der Waals surface area contributed by atoms with Crippen molar-refractivity contribution in [2.45, 2.75) is 30.1 Å². The quantitative estimate of drug-likeness (QED) is 0.443. The summed E-state index contributed by atoms with van der Waals surface area (Å²) < 4.78 is 0.763. The smallest absolute Gasteiger partial charge is 0.0431 e. The van der Waals surface area contributed by atoms with Crippen molar-refractivity contribution in [2.75, 3.05) is 6.61 Å². The number of aliphatic hydroxyl groups excluding tert-OH is 1. The monoisotopic (exact) mass is 228 g/mol. The zero-order valence-electron chi connectivity index (χ0n) is 5.23. The summed E-state index contributed by atoms with van der Waals surface area (Å²) in [5.74, 6) is 0. The van der Waals surface area contributed by atoms with E-state index >= 15 is 0 Å². The summed E-state index contributed by atoms with van der Waals surface area (Å²) in [6.07, 6.45) is 3.37. The predicted octanol–water partition coefficient (Wildman–Crippen LogP) is 1.97. The third kappa shape index (κ3) is 6.69. The van der Waals surface area contributed by atoms with Crippen molar-refractivity contribution in [3.05, 3.63) is 0 Å². The summed E-state index contributed by atoms with van der Waals surface area (Å²) in [6.45, 7) is 2.54. The van der Waals surface area contributed by atoms with Gasteiger partial charge in [-0.05, 0) is 12.8 Å². The maximum absolute atomic E-state index is 8.38. The first-order valence-electron chi connectivity index (χ1n) is 3.02. The Bertz CT molecular complexity index is 45.8. The molecule has 0 rings (SSSR count). The number of aliphatic hydroxyl groups is 1. The highest BCUT2D eigenvalue weighted by Gasteiger charge is 1.92. The number of hydrogen-bond acceptors (Lipinski definition) is 1. The molecular weight excluding hydrogens is 215 g/mol. The first-order valence-corrected chi connectivity index (χ1v) is 4.27. The van der Waals surface area contributed by atoms with Gasteiger partial charge in [0.2, 0.25) is 0 Å². The zero-order valence-corrected chi connectivity index (χ0v) is 7.39. The van der Waals surface area contributed by atoms with E-state index < -0.39 is 0 Å². The fraction of sp³-hybridized carbons (Fsp3) is 1.00. The molecule has 0 aliphatic heterocycles. The number of alkyl halides is 1. The third-order valence-electron chi connectivity index (χ3n) is 1.01. The molecule has 1 nitrogen and oxygen atoms in total. The van der Waals surface area contributed by atoms with Gasteiger partial charge in [0.1, 0.15) is 0 Å². The van der Waals surface area contributed by atoms with Crippen LogP contribution in [0, 0.1) is 0 Å². The van der Waals surface area contributed by atoms with E-state index in [2.05, 4.69) is 29.5 Å². The van der Waals surface area contributed by atoms with Crippen LogP contribution in [0.3, 0.4) is 0 Å². The first kappa shape index (κ1) is 8.69. The Balaban J connectivity index is 2.72. The Labute approximate surface area is 64.6 Å². The Morgan fingerprint density at radius 2 is 2.12 bits per heavy atom. The van der Waals surface area contributed by atoms with Gasteiger partial charge in [-0.25, -0.2) is 0 Å². The minimum absolute atomic E-state index is 0.351. The number of rotatable bonds is 4. The summed E-state index contributed by atoms with van der Waals surface area (Å²) >= 11 is 2.40. The summed E-state index contributed by atoms with van der Waals surface area (Å²) in [7, 11) is 0. The molecule has 0 saturated heterocycles. The van der Waals surface area contributed by atoms with Crippen molar-refractivity contribution in [1.29, 1.82) is 0 Å². The van der Waals surface area contributed by atoms with E-state index in [-0.39, 0.29) is 0 Å². The summed E-state index contributed by atoms with van der Waals surface area (Å²) in [6, 6.07) is 0. The molecule has 0 aliphatic rings. The molecule has 0 aromatic carbocycles. The Morgan fingerprint density at radius 1 is 1.50 bits per heavy atom. The molecule has 0 bridgehead atoms. The van der Waals surface area contributed by atoms with Gasteiger partial charge in [-0.2, -0.15) is 0 Å². The van der Waals surface area contributed by atoms with Gasteiger partial charge in [-0.3, -0.25) is 0 Å². The van der Waals surface area contributed by atoms with E-state index in [0.717, 1.165) is 10.3 Å². The molecule has 1 N–H and O–H groups in total. The lowest BCUT2D eigenvalue weighted by atomic mass is 10.2. The van der Waals surface area contributed by atoms with Crippen molar-refractivity contribution in [3.63, 3.8) is 0 Å². The highest BCUT2D eigenvalue weighted by Crippen LogP contribution is 2.07. The average molecular weight is 228 g/mol. The van der Waals surface area contributed by atoms with E-state index in [1.807, 2.05) is 0 Å². The molecule has 2 heteroatoms. The lowest BCUT2D eigenvalue weighted by Crippen LogP contribution is -1.90. The Kier molecular flexibility index (Phi) is 6.32. The van der Waals surface area contributed by atoms with Crippen LogP contribution in [0.1, 0.15) is 26.2 Å². The maximum Gasteiger partial charge on any atom is 0.0431 e. The van der Waals surface area contributed by atoms with Crippen molar-refractivity contribution in [3.8, 4) is 0 Å². The molecule has 1 atom stereocenters. The van der Waals surface area contributed by atoms with Gasteiger partial charge in [0.05, 0.1) is 0 Å². The Hall–Kier alpha value is 0.690. The van der Waals surface area contributed by atoms with E-state index in [1.165, 1.54) is 12.8 Å². The molecule has 0 aromatic heterocycles. The zero-order chi connectivity index (χ0) is 6.41. The highest BCUT2D eigenvalue weighted by molar-refractivity contribution is 14.1. The topological polar surface area (TPSA) is 20.2 Å². The summed E-state index contributed by atoms with van der Waals surface area (Å²) in [4.78, 5) is 0. The molecule has 0 spiro atoms. The van der Waals surface area contributed by atoms with Crippen molar-refractivity contribution < 1.29 is 5.11 Å². The molecule has 0 heterocycles. The molecule has 8 heavy (non-hydrogen) atoms. The van der Waals surface area contributed by atoms with Crippen LogP contribution in [0.5, 0.6) is 0 Å². The van der Waals surface area contributed by atoms with Gasteiger partial charge in [-0.1, -0.05) is 35.9 Å². The fourth-order valence-corrected chi connectivity index (χ4v) is 0.978. The van der Waals surface area contributed by atoms with Crippen LogP contribution in [0.15, 0.2) is 0 Å². The molecule has 0 radical (unpaired) electrons. The van der Waals surface area contributed by atoms with Crippen molar-refractivity contribution in [2.24, 2.45) is 0 Å². The van der Waals surface area contributed by atoms with Crippen LogP contribution in [-0.2, 0) is 0 Å². The van der Waals surface area contributed by atoms with Gasteiger partial charge >= 0.3 is 0 Å². The maximum atomic E-state index is 8.38. The molecule has 0 amide bonds. The average Bonchev–Trinajstić information content (AvgIpc) is 1.66. The van der Waals surface area contributed by atoms with Crippen molar-refractivity contribution in [1.82, 2.24) is 0 Å². The lowest BCUT2D eigenvalue weighted by molar-refractivity contribution is 0.283. The van der Waals surface area contributed by atoms with Crippen LogP contribution >= 0.6 is 22.6 Å². The minimum Gasteiger partial charge on any atom is -0.396 e. The standard InChI is InChI=1S/C6H13IO/c1-6(7)4-2-3-5-8/h6,8H,2-5H2,1H3. The van der Waals surface area contributed by atoms with Crippen LogP contribution < -0.4 is 0 Å². The largest absolute Gasteiger partial charge is 0.396 e. The Morgan fingerprint density at radius 3 is 2.50 bits per heavy atom. The SMILES string of the molecule is CC(I)CCCCO. The second-order valence-corrected chi connectivity index (χ2v) is 4.13. The first-order chi connectivity index (χ1) is 3.77. The second kappa shape index (κ2) is 5.82.